The highest BCUT2D eigenvalue weighted by Crippen LogP contribution is 2.42. The molecule has 0 aromatic carbocycles. The van der Waals surface area contributed by atoms with Crippen LogP contribution in [0.2, 0.25) is 0 Å². The predicted octanol–water partition coefficient (Wildman–Crippen LogP) is 5.28. The topological polar surface area (TPSA) is 69.1 Å². The van der Waals surface area contributed by atoms with Crippen LogP contribution in [0.25, 0.3) is 16.4 Å². The lowest BCUT2D eigenvalue weighted by atomic mass is 9.72. The number of hydrogen-bond donors (Lipinski definition) is 0. The summed E-state index contributed by atoms with van der Waals surface area (Å²) in [6.45, 7) is 7.03. The summed E-state index contributed by atoms with van der Waals surface area (Å²) in [7, 11) is 0. The van der Waals surface area contributed by atoms with Crippen LogP contribution in [0.15, 0.2) is 40.0 Å². The SMILES string of the molecule is CC(C)(C)[C@H]1CCc2sc(-c3nnc(CSc4nnc5ccccn45)o3)cc2C1. The lowest BCUT2D eigenvalue weighted by Crippen LogP contribution is -2.26. The third kappa shape index (κ3) is 3.71. The largest absolute Gasteiger partial charge is 0.419 e. The van der Waals surface area contributed by atoms with Gasteiger partial charge in [0.2, 0.25) is 5.89 Å². The van der Waals surface area contributed by atoms with Gasteiger partial charge in [-0.3, -0.25) is 4.40 Å². The summed E-state index contributed by atoms with van der Waals surface area (Å²) in [6, 6.07) is 8.11. The lowest BCUT2D eigenvalue weighted by molar-refractivity contribution is 0.217. The molecule has 0 fully saturated rings. The van der Waals surface area contributed by atoms with E-state index in [0.29, 0.717) is 22.9 Å². The predicted molar refractivity (Wildman–Crippen MR) is 115 cm³/mol. The molecule has 4 aromatic rings. The van der Waals surface area contributed by atoms with E-state index in [1.165, 1.54) is 16.9 Å². The zero-order valence-corrected chi connectivity index (χ0v) is 18.4. The van der Waals surface area contributed by atoms with Crippen molar-refractivity contribution in [2.45, 2.75) is 50.9 Å². The van der Waals surface area contributed by atoms with Gasteiger partial charge < -0.3 is 4.42 Å². The van der Waals surface area contributed by atoms with E-state index in [1.807, 2.05) is 28.8 Å². The maximum absolute atomic E-state index is 5.96. The van der Waals surface area contributed by atoms with Crippen molar-refractivity contribution >= 4 is 28.7 Å². The molecule has 1 atom stereocenters. The summed E-state index contributed by atoms with van der Waals surface area (Å²) in [5.41, 5.74) is 2.64. The highest BCUT2D eigenvalue weighted by atomic mass is 32.2. The van der Waals surface area contributed by atoms with Gasteiger partial charge in [0.25, 0.3) is 5.89 Å². The Hall–Kier alpha value is -2.19. The highest BCUT2D eigenvalue weighted by Gasteiger charge is 2.30. The Morgan fingerprint density at radius 2 is 2.10 bits per heavy atom. The second-order valence-corrected chi connectivity index (χ2v) is 10.6. The van der Waals surface area contributed by atoms with Crippen LogP contribution in [0, 0.1) is 11.3 Å². The van der Waals surface area contributed by atoms with Crippen LogP contribution in [-0.4, -0.2) is 24.8 Å². The average Bonchev–Trinajstić information content (AvgIpc) is 3.42. The van der Waals surface area contributed by atoms with E-state index in [2.05, 4.69) is 47.2 Å². The molecule has 0 saturated carbocycles. The first-order chi connectivity index (χ1) is 14.0. The van der Waals surface area contributed by atoms with Gasteiger partial charge in [-0.1, -0.05) is 38.6 Å². The Kier molecular flexibility index (Phi) is 4.70. The molecule has 8 heteroatoms. The van der Waals surface area contributed by atoms with Crippen LogP contribution in [0.3, 0.4) is 0 Å². The van der Waals surface area contributed by atoms with E-state index in [4.69, 9.17) is 4.42 Å². The van der Waals surface area contributed by atoms with Gasteiger partial charge in [0.05, 0.1) is 10.6 Å². The van der Waals surface area contributed by atoms with Crippen LogP contribution in [0.4, 0.5) is 0 Å². The Bertz CT molecular complexity index is 1150. The Morgan fingerprint density at radius 3 is 2.97 bits per heavy atom. The molecule has 4 heterocycles. The quantitative estimate of drug-likeness (QED) is 0.414. The zero-order chi connectivity index (χ0) is 20.0. The van der Waals surface area contributed by atoms with Crippen molar-refractivity contribution in [3.8, 4) is 10.8 Å². The number of hydrogen-bond acceptors (Lipinski definition) is 7. The fraction of sp³-hybridized carbons (Fsp3) is 0.429. The molecule has 0 spiro atoms. The summed E-state index contributed by atoms with van der Waals surface area (Å²) in [4.78, 5) is 2.56. The number of rotatable bonds is 4. The monoisotopic (exact) mass is 425 g/mol. The molecule has 4 aromatic heterocycles. The Balaban J connectivity index is 1.30. The number of nitrogens with zero attached hydrogens (tertiary/aromatic N) is 5. The molecule has 0 aliphatic heterocycles. The molecule has 0 amide bonds. The first-order valence-electron chi connectivity index (χ1n) is 9.84. The highest BCUT2D eigenvalue weighted by molar-refractivity contribution is 7.98. The van der Waals surface area contributed by atoms with E-state index in [0.717, 1.165) is 34.4 Å². The maximum atomic E-state index is 5.96. The van der Waals surface area contributed by atoms with Gasteiger partial charge in [0.15, 0.2) is 10.8 Å². The third-order valence-electron chi connectivity index (χ3n) is 5.59. The van der Waals surface area contributed by atoms with Crippen LogP contribution in [-0.2, 0) is 18.6 Å². The molecular weight excluding hydrogens is 402 g/mol. The average molecular weight is 426 g/mol. The van der Waals surface area contributed by atoms with E-state index >= 15 is 0 Å². The van der Waals surface area contributed by atoms with Crippen LogP contribution in [0.1, 0.15) is 43.5 Å². The van der Waals surface area contributed by atoms with Crippen LogP contribution in [0.5, 0.6) is 0 Å². The minimum atomic E-state index is 0.348. The number of pyridine rings is 1. The van der Waals surface area contributed by atoms with Crippen LogP contribution < -0.4 is 0 Å². The van der Waals surface area contributed by atoms with E-state index in [-0.39, 0.29) is 0 Å². The molecule has 0 unspecified atom stereocenters. The minimum Gasteiger partial charge on any atom is -0.419 e. The van der Waals surface area contributed by atoms with Gasteiger partial charge in [0.1, 0.15) is 0 Å². The van der Waals surface area contributed by atoms with Crippen molar-refractivity contribution in [3.05, 3.63) is 46.8 Å². The van der Waals surface area contributed by atoms with Gasteiger partial charge in [-0.05, 0) is 54.4 Å². The molecule has 0 radical (unpaired) electrons. The van der Waals surface area contributed by atoms with E-state index in [9.17, 15) is 0 Å². The molecule has 29 heavy (non-hydrogen) atoms. The van der Waals surface area contributed by atoms with E-state index < -0.39 is 0 Å². The van der Waals surface area contributed by atoms with Crippen molar-refractivity contribution < 1.29 is 4.42 Å². The fourth-order valence-electron chi connectivity index (χ4n) is 3.82. The summed E-state index contributed by atoms with van der Waals surface area (Å²) >= 11 is 3.35. The number of thioether (sulfide) groups is 1. The summed E-state index contributed by atoms with van der Waals surface area (Å²) in [5.74, 6) is 2.53. The molecule has 0 N–H and O–H groups in total. The number of aromatic nitrogens is 5. The molecule has 5 rings (SSSR count). The second kappa shape index (κ2) is 7.25. The normalized spacial score (nSPS) is 17.0. The molecular formula is C21H23N5OS2. The van der Waals surface area contributed by atoms with Gasteiger partial charge in [0, 0.05) is 11.1 Å². The van der Waals surface area contributed by atoms with Crippen molar-refractivity contribution in [2.24, 2.45) is 11.3 Å². The fourth-order valence-corrected chi connectivity index (χ4v) is 5.71. The molecule has 150 valence electrons. The summed E-state index contributed by atoms with van der Waals surface area (Å²) in [6.07, 6.45) is 5.51. The molecule has 0 saturated heterocycles. The molecule has 1 aliphatic rings. The first kappa shape index (κ1) is 18.8. The smallest absolute Gasteiger partial charge is 0.257 e. The van der Waals surface area contributed by atoms with Crippen molar-refractivity contribution in [1.29, 1.82) is 0 Å². The molecule has 0 bridgehead atoms. The van der Waals surface area contributed by atoms with Gasteiger partial charge >= 0.3 is 0 Å². The first-order valence-corrected chi connectivity index (χ1v) is 11.6. The number of fused-ring (bicyclic) bond motifs is 2. The standard InChI is InChI=1S/C21H23N5OS2/c1-21(2,3)14-7-8-15-13(10-14)11-16(29-15)19-24-23-18(27-19)12-28-20-25-22-17-6-4-5-9-26(17)20/h4-6,9,11,14H,7-8,10,12H2,1-3H3/t14-/m0/s1. The summed E-state index contributed by atoms with van der Waals surface area (Å²) < 4.78 is 7.92. The van der Waals surface area contributed by atoms with Gasteiger partial charge in [-0.2, -0.15) is 0 Å². The molecule has 1 aliphatic carbocycles. The van der Waals surface area contributed by atoms with Gasteiger partial charge in [-0.15, -0.1) is 31.7 Å². The van der Waals surface area contributed by atoms with Crippen LogP contribution >= 0.6 is 23.1 Å². The number of thiophene rings is 1. The Labute approximate surface area is 177 Å². The third-order valence-corrected chi connectivity index (χ3v) is 7.75. The van der Waals surface area contributed by atoms with Crippen molar-refractivity contribution in [2.75, 3.05) is 0 Å². The second-order valence-electron chi connectivity index (χ2n) is 8.57. The van der Waals surface area contributed by atoms with Crippen molar-refractivity contribution in [3.63, 3.8) is 0 Å². The summed E-state index contributed by atoms with van der Waals surface area (Å²) in [5, 5.41) is 17.8. The maximum Gasteiger partial charge on any atom is 0.257 e. The Morgan fingerprint density at radius 1 is 1.21 bits per heavy atom. The lowest BCUT2D eigenvalue weighted by Gasteiger charge is -2.33. The molecule has 6 nitrogen and oxygen atoms in total. The van der Waals surface area contributed by atoms with Gasteiger partial charge in [-0.25, -0.2) is 0 Å². The van der Waals surface area contributed by atoms with E-state index in [1.54, 1.807) is 23.1 Å². The van der Waals surface area contributed by atoms with Crippen molar-refractivity contribution in [1.82, 2.24) is 24.8 Å². The minimum absolute atomic E-state index is 0.348. The zero-order valence-electron chi connectivity index (χ0n) is 16.8. The number of aryl methyl sites for hydroxylation is 1.